The molecule has 0 aliphatic heterocycles. The Morgan fingerprint density at radius 1 is 1.29 bits per heavy atom. The lowest BCUT2D eigenvalue weighted by atomic mass is 10.1. The number of benzene rings is 1. The smallest absolute Gasteiger partial charge is 0.418 e. The number of alkyl halides is 3. The standard InChI is InChI=1S/C15H13F3N2O3S/c1-7(13-19-8(2)11(24-13)14(22)23)12(21)20-10-6-4-3-5-9(10)15(16,17)18/h3-7H,1-2H3,(H,20,21)(H,22,23)/p-1/t7-/m0/s1. The van der Waals surface area contributed by atoms with Crippen LogP contribution in [-0.4, -0.2) is 16.9 Å². The van der Waals surface area contributed by atoms with Crippen LogP contribution in [0.15, 0.2) is 24.3 Å². The predicted octanol–water partition coefficient (Wildman–Crippen LogP) is 2.58. The maximum Gasteiger partial charge on any atom is 0.418 e. The van der Waals surface area contributed by atoms with Crippen LogP contribution in [0.3, 0.4) is 0 Å². The molecule has 1 aromatic carbocycles. The molecule has 0 fully saturated rings. The fourth-order valence-corrected chi connectivity index (χ4v) is 2.94. The van der Waals surface area contributed by atoms with E-state index in [0.29, 0.717) is 0 Å². The SMILES string of the molecule is Cc1nc([C@@H](C)C(=O)Nc2ccccc2C(F)(F)F)sc1C(=O)[O-]. The number of carbonyl (C=O) groups is 2. The summed E-state index contributed by atoms with van der Waals surface area (Å²) < 4.78 is 38.8. The molecule has 2 aromatic rings. The van der Waals surface area contributed by atoms with Gasteiger partial charge in [0.05, 0.1) is 33.7 Å². The summed E-state index contributed by atoms with van der Waals surface area (Å²) in [5.41, 5.74) is -1.13. The van der Waals surface area contributed by atoms with E-state index in [9.17, 15) is 27.9 Å². The maximum atomic E-state index is 12.9. The summed E-state index contributed by atoms with van der Waals surface area (Å²) in [7, 11) is 0. The number of aryl methyl sites for hydroxylation is 1. The molecule has 0 unspecified atom stereocenters. The van der Waals surface area contributed by atoms with Crippen molar-refractivity contribution in [2.24, 2.45) is 0 Å². The average Bonchev–Trinajstić information content (AvgIpc) is 2.88. The molecule has 0 radical (unpaired) electrons. The second kappa shape index (κ2) is 6.60. The summed E-state index contributed by atoms with van der Waals surface area (Å²) >= 11 is 0.768. The van der Waals surface area contributed by atoms with Crippen LogP contribution in [0.4, 0.5) is 18.9 Å². The molecule has 24 heavy (non-hydrogen) atoms. The van der Waals surface area contributed by atoms with Crippen molar-refractivity contribution in [3.8, 4) is 0 Å². The summed E-state index contributed by atoms with van der Waals surface area (Å²) in [6.45, 7) is 2.89. The number of nitrogens with zero attached hydrogens (tertiary/aromatic N) is 1. The summed E-state index contributed by atoms with van der Waals surface area (Å²) in [6.07, 6.45) is -4.60. The van der Waals surface area contributed by atoms with Gasteiger partial charge in [0.2, 0.25) is 5.91 Å². The van der Waals surface area contributed by atoms with E-state index in [1.807, 2.05) is 0 Å². The van der Waals surface area contributed by atoms with E-state index in [1.54, 1.807) is 0 Å². The molecule has 5 nitrogen and oxygen atoms in total. The number of carboxylic acid groups (broad SMARTS) is 1. The predicted molar refractivity (Wildman–Crippen MR) is 79.7 cm³/mol. The van der Waals surface area contributed by atoms with Crippen LogP contribution in [0, 0.1) is 6.92 Å². The Balaban J connectivity index is 2.25. The highest BCUT2D eigenvalue weighted by Gasteiger charge is 2.34. The lowest BCUT2D eigenvalue weighted by molar-refractivity contribution is -0.254. The van der Waals surface area contributed by atoms with Gasteiger partial charge in [0.1, 0.15) is 5.01 Å². The Morgan fingerprint density at radius 2 is 1.92 bits per heavy atom. The van der Waals surface area contributed by atoms with Gasteiger partial charge in [0.25, 0.3) is 0 Å². The molecule has 0 saturated carbocycles. The van der Waals surface area contributed by atoms with Crippen molar-refractivity contribution in [2.45, 2.75) is 25.9 Å². The number of hydrogen-bond donors (Lipinski definition) is 1. The van der Waals surface area contributed by atoms with Crippen LogP contribution < -0.4 is 10.4 Å². The van der Waals surface area contributed by atoms with E-state index in [2.05, 4.69) is 10.3 Å². The van der Waals surface area contributed by atoms with Gasteiger partial charge in [-0.25, -0.2) is 4.98 Å². The molecule has 0 bridgehead atoms. The molecule has 1 atom stereocenters. The van der Waals surface area contributed by atoms with Gasteiger partial charge < -0.3 is 15.2 Å². The van der Waals surface area contributed by atoms with E-state index in [4.69, 9.17) is 0 Å². The number of hydrogen-bond acceptors (Lipinski definition) is 5. The summed E-state index contributed by atoms with van der Waals surface area (Å²) in [5, 5.41) is 13.3. The molecule has 0 spiro atoms. The Kier molecular flexibility index (Phi) is 4.93. The van der Waals surface area contributed by atoms with Crippen molar-refractivity contribution in [1.82, 2.24) is 4.98 Å². The third kappa shape index (κ3) is 3.73. The Hall–Kier alpha value is -2.42. The fraction of sp³-hybridized carbons (Fsp3) is 0.267. The number of aromatic carboxylic acids is 1. The first-order valence-corrected chi connectivity index (χ1v) is 7.58. The normalized spacial score (nSPS) is 12.7. The highest BCUT2D eigenvalue weighted by atomic mass is 32.1. The average molecular weight is 357 g/mol. The quantitative estimate of drug-likeness (QED) is 0.912. The molecule has 0 aliphatic rings. The number of para-hydroxylation sites is 1. The van der Waals surface area contributed by atoms with Gasteiger partial charge in [-0.05, 0) is 26.0 Å². The second-order valence-electron chi connectivity index (χ2n) is 5.01. The molecule has 1 amide bonds. The minimum atomic E-state index is -4.60. The van der Waals surface area contributed by atoms with E-state index >= 15 is 0 Å². The monoisotopic (exact) mass is 357 g/mol. The summed E-state index contributed by atoms with van der Waals surface area (Å²) in [5.74, 6) is -3.04. The zero-order chi connectivity index (χ0) is 18.1. The molecule has 1 aromatic heterocycles. The van der Waals surface area contributed by atoms with Gasteiger partial charge in [-0.2, -0.15) is 13.2 Å². The number of rotatable bonds is 4. The van der Waals surface area contributed by atoms with Crippen molar-refractivity contribution in [3.05, 3.63) is 45.4 Å². The van der Waals surface area contributed by atoms with Crippen molar-refractivity contribution >= 4 is 28.9 Å². The number of amides is 1. The van der Waals surface area contributed by atoms with Gasteiger partial charge in [0, 0.05) is 0 Å². The largest absolute Gasteiger partial charge is 0.544 e. The molecule has 9 heteroatoms. The minimum Gasteiger partial charge on any atom is -0.544 e. The first-order valence-electron chi connectivity index (χ1n) is 6.77. The molecular formula is C15H12F3N2O3S-. The van der Waals surface area contributed by atoms with Gasteiger partial charge in [-0.3, -0.25) is 4.79 Å². The molecule has 0 saturated heterocycles. The van der Waals surface area contributed by atoms with E-state index in [1.165, 1.54) is 26.0 Å². The van der Waals surface area contributed by atoms with E-state index in [-0.39, 0.29) is 21.3 Å². The van der Waals surface area contributed by atoms with Crippen LogP contribution in [0.5, 0.6) is 0 Å². The molecule has 0 aliphatic carbocycles. The Labute approximate surface area is 139 Å². The first kappa shape index (κ1) is 17.9. The van der Waals surface area contributed by atoms with E-state index in [0.717, 1.165) is 23.5 Å². The highest BCUT2D eigenvalue weighted by Crippen LogP contribution is 2.35. The lowest BCUT2D eigenvalue weighted by Gasteiger charge is -2.15. The molecule has 1 N–H and O–H groups in total. The maximum absolute atomic E-state index is 12.9. The van der Waals surface area contributed by atoms with Crippen LogP contribution in [-0.2, 0) is 11.0 Å². The summed E-state index contributed by atoms with van der Waals surface area (Å²) in [4.78, 5) is 27.0. The first-order chi connectivity index (χ1) is 11.1. The zero-order valence-electron chi connectivity index (χ0n) is 12.6. The topological polar surface area (TPSA) is 82.1 Å². The summed E-state index contributed by atoms with van der Waals surface area (Å²) in [6, 6.07) is 4.60. The number of anilines is 1. The third-order valence-corrected chi connectivity index (χ3v) is 4.57. The number of nitrogens with one attached hydrogen (secondary N) is 1. The van der Waals surface area contributed by atoms with Crippen LogP contribution >= 0.6 is 11.3 Å². The van der Waals surface area contributed by atoms with Gasteiger partial charge in [0.15, 0.2) is 0 Å². The van der Waals surface area contributed by atoms with E-state index < -0.39 is 29.5 Å². The second-order valence-corrected chi connectivity index (χ2v) is 6.04. The Morgan fingerprint density at radius 3 is 2.46 bits per heavy atom. The van der Waals surface area contributed by atoms with Crippen molar-refractivity contribution in [1.29, 1.82) is 0 Å². The number of carboxylic acids is 1. The highest BCUT2D eigenvalue weighted by molar-refractivity contribution is 7.13. The Bertz CT molecular complexity index is 787. The number of thiazole rings is 1. The number of halogens is 3. The molecule has 1 heterocycles. The lowest BCUT2D eigenvalue weighted by Crippen LogP contribution is -2.22. The van der Waals surface area contributed by atoms with Gasteiger partial charge in [-0.15, -0.1) is 11.3 Å². The van der Waals surface area contributed by atoms with Crippen molar-refractivity contribution < 1.29 is 27.9 Å². The van der Waals surface area contributed by atoms with Crippen LogP contribution in [0.1, 0.15) is 38.8 Å². The van der Waals surface area contributed by atoms with Gasteiger partial charge in [-0.1, -0.05) is 12.1 Å². The number of aromatic nitrogens is 1. The third-order valence-electron chi connectivity index (χ3n) is 3.25. The number of carbonyl (C=O) groups excluding carboxylic acids is 2. The van der Waals surface area contributed by atoms with Crippen LogP contribution in [0.2, 0.25) is 0 Å². The van der Waals surface area contributed by atoms with Gasteiger partial charge >= 0.3 is 6.18 Å². The molecule has 2 rings (SSSR count). The van der Waals surface area contributed by atoms with Crippen molar-refractivity contribution in [3.63, 3.8) is 0 Å². The molecule has 128 valence electrons. The zero-order valence-corrected chi connectivity index (χ0v) is 13.4. The fourth-order valence-electron chi connectivity index (χ4n) is 1.98. The van der Waals surface area contributed by atoms with Crippen LogP contribution in [0.25, 0.3) is 0 Å². The molecular weight excluding hydrogens is 345 g/mol. The van der Waals surface area contributed by atoms with Crippen molar-refractivity contribution in [2.75, 3.05) is 5.32 Å². The minimum absolute atomic E-state index is 0.111.